The summed E-state index contributed by atoms with van der Waals surface area (Å²) in [5, 5.41) is 18.5. The quantitative estimate of drug-likeness (QED) is 0.807. The predicted octanol–water partition coefficient (Wildman–Crippen LogP) is 4.78. The lowest BCUT2D eigenvalue weighted by molar-refractivity contribution is 0.0697. The van der Waals surface area contributed by atoms with Gasteiger partial charge >= 0.3 is 5.97 Å². The summed E-state index contributed by atoms with van der Waals surface area (Å²) in [5.41, 5.74) is 2.68. The van der Waals surface area contributed by atoms with Gasteiger partial charge < -0.3 is 10.2 Å². The van der Waals surface area contributed by atoms with E-state index in [0.29, 0.717) is 17.4 Å². The first-order chi connectivity index (χ1) is 10.6. The average Bonchev–Trinajstić information content (AvgIpc) is 2.53. The Labute approximate surface area is 131 Å². The molecule has 116 valence electrons. The second-order valence-electron chi connectivity index (χ2n) is 5.55. The molecular weight excluding hydrogens is 276 g/mol. The first-order valence-corrected chi connectivity index (χ1v) is 7.69. The number of benzene rings is 2. The number of carbonyl (C=O) groups is 1. The Bertz CT molecular complexity index is 614. The molecule has 0 aromatic heterocycles. The van der Waals surface area contributed by atoms with Crippen LogP contribution in [0.4, 0.5) is 0 Å². The van der Waals surface area contributed by atoms with Crippen molar-refractivity contribution >= 4 is 5.97 Å². The molecule has 0 aliphatic carbocycles. The second kappa shape index (κ2) is 7.12. The summed E-state index contributed by atoms with van der Waals surface area (Å²) in [4.78, 5) is 11.0. The molecule has 0 amide bonds. The van der Waals surface area contributed by atoms with Crippen LogP contribution in [0.1, 0.15) is 60.0 Å². The molecule has 0 heterocycles. The molecule has 0 radical (unpaired) electrons. The molecule has 0 bridgehead atoms. The smallest absolute Gasteiger partial charge is 0.335 e. The molecule has 3 nitrogen and oxygen atoms in total. The predicted molar refractivity (Wildman–Crippen MR) is 87.6 cm³/mol. The third kappa shape index (κ3) is 3.48. The van der Waals surface area contributed by atoms with Gasteiger partial charge in [-0.25, -0.2) is 4.79 Å². The molecule has 0 saturated carbocycles. The van der Waals surface area contributed by atoms with E-state index in [-0.39, 0.29) is 5.75 Å². The molecule has 2 aromatic rings. The summed E-state index contributed by atoms with van der Waals surface area (Å²) in [6.07, 6.45) is 1.97. The van der Waals surface area contributed by atoms with Crippen LogP contribution >= 0.6 is 0 Å². The number of aromatic hydroxyl groups is 1. The number of hydrogen-bond acceptors (Lipinski definition) is 2. The first-order valence-electron chi connectivity index (χ1n) is 7.69. The van der Waals surface area contributed by atoms with Gasteiger partial charge in [0.1, 0.15) is 5.75 Å². The molecule has 2 rings (SSSR count). The maximum atomic E-state index is 11.0. The van der Waals surface area contributed by atoms with Crippen molar-refractivity contribution in [3.63, 3.8) is 0 Å². The maximum absolute atomic E-state index is 11.0. The fraction of sp³-hybridized carbons (Fsp3) is 0.316. The number of carboxylic acids is 1. The molecular formula is C19H22O3. The topological polar surface area (TPSA) is 57.5 Å². The van der Waals surface area contributed by atoms with Gasteiger partial charge in [-0.3, -0.25) is 0 Å². The minimum absolute atomic E-state index is 0.275. The summed E-state index contributed by atoms with van der Waals surface area (Å²) < 4.78 is 0. The van der Waals surface area contributed by atoms with Gasteiger partial charge in [0.05, 0.1) is 5.56 Å². The molecule has 0 fully saturated rings. The number of hydrogen-bond donors (Lipinski definition) is 2. The Kier molecular flexibility index (Phi) is 5.21. The Morgan fingerprint density at radius 2 is 1.27 bits per heavy atom. The van der Waals surface area contributed by atoms with E-state index in [4.69, 9.17) is 5.11 Å². The summed E-state index contributed by atoms with van der Waals surface area (Å²) >= 11 is 0. The minimum Gasteiger partial charge on any atom is -0.508 e. The Hall–Kier alpha value is -2.29. The zero-order chi connectivity index (χ0) is 16.1. The molecule has 0 spiro atoms. The molecule has 3 heteroatoms. The van der Waals surface area contributed by atoms with E-state index in [0.717, 1.165) is 18.4 Å². The van der Waals surface area contributed by atoms with Crippen molar-refractivity contribution in [1.29, 1.82) is 0 Å². The summed E-state index contributed by atoms with van der Waals surface area (Å²) in [6, 6.07) is 14.6. The fourth-order valence-corrected chi connectivity index (χ4v) is 3.10. The fourth-order valence-electron chi connectivity index (χ4n) is 3.10. The van der Waals surface area contributed by atoms with Crippen LogP contribution in [0, 0.1) is 0 Å². The van der Waals surface area contributed by atoms with Crippen molar-refractivity contribution in [1.82, 2.24) is 0 Å². The molecule has 0 aliphatic rings. The number of phenols is 1. The summed E-state index contributed by atoms with van der Waals surface area (Å²) in [7, 11) is 0. The second-order valence-corrected chi connectivity index (χ2v) is 5.55. The van der Waals surface area contributed by atoms with E-state index in [1.54, 1.807) is 24.3 Å². The lowest BCUT2D eigenvalue weighted by Crippen LogP contribution is -2.10. The molecule has 0 aliphatic heterocycles. The van der Waals surface area contributed by atoms with Gasteiger partial charge in [-0.05, 0) is 60.1 Å². The zero-order valence-electron chi connectivity index (χ0n) is 13.0. The standard InChI is InChI=1S/C19H22O3/c1-3-17(13-5-7-15(8-6-13)19(21)22)18(4-2)14-9-11-16(20)12-10-14/h5-12,17-18,20H,3-4H2,1-2H3,(H,21,22)/t17-,18+/m0/s1. The van der Waals surface area contributed by atoms with Gasteiger partial charge in [0.25, 0.3) is 0 Å². The monoisotopic (exact) mass is 298 g/mol. The van der Waals surface area contributed by atoms with Crippen molar-refractivity contribution in [2.24, 2.45) is 0 Å². The van der Waals surface area contributed by atoms with Crippen LogP contribution in [0.3, 0.4) is 0 Å². The van der Waals surface area contributed by atoms with E-state index < -0.39 is 5.97 Å². The van der Waals surface area contributed by atoms with Gasteiger partial charge in [0.15, 0.2) is 0 Å². The van der Waals surface area contributed by atoms with E-state index >= 15 is 0 Å². The Morgan fingerprint density at radius 3 is 1.64 bits per heavy atom. The van der Waals surface area contributed by atoms with Crippen molar-refractivity contribution in [2.45, 2.75) is 38.5 Å². The van der Waals surface area contributed by atoms with Gasteiger partial charge in [-0.1, -0.05) is 38.1 Å². The number of rotatable bonds is 6. The van der Waals surface area contributed by atoms with Crippen LogP contribution in [0.25, 0.3) is 0 Å². The number of aromatic carboxylic acids is 1. The lowest BCUT2D eigenvalue weighted by Gasteiger charge is -2.26. The highest BCUT2D eigenvalue weighted by Crippen LogP contribution is 2.38. The van der Waals surface area contributed by atoms with Crippen LogP contribution in [0.2, 0.25) is 0 Å². The van der Waals surface area contributed by atoms with Crippen LogP contribution in [-0.4, -0.2) is 16.2 Å². The molecule has 2 N–H and O–H groups in total. The van der Waals surface area contributed by atoms with Crippen molar-refractivity contribution in [2.75, 3.05) is 0 Å². The highest BCUT2D eigenvalue weighted by Gasteiger charge is 2.22. The zero-order valence-corrected chi connectivity index (χ0v) is 13.0. The van der Waals surface area contributed by atoms with E-state index in [2.05, 4.69) is 13.8 Å². The molecule has 2 atom stereocenters. The molecule has 22 heavy (non-hydrogen) atoms. The van der Waals surface area contributed by atoms with Gasteiger partial charge in [0.2, 0.25) is 0 Å². The molecule has 0 unspecified atom stereocenters. The normalized spacial score (nSPS) is 13.5. The minimum atomic E-state index is -0.898. The van der Waals surface area contributed by atoms with Crippen LogP contribution in [0.5, 0.6) is 5.75 Å². The third-order valence-electron chi connectivity index (χ3n) is 4.27. The number of phenolic OH excluding ortho intramolecular Hbond substituents is 1. The van der Waals surface area contributed by atoms with Gasteiger partial charge in [-0.15, -0.1) is 0 Å². The largest absolute Gasteiger partial charge is 0.508 e. The van der Waals surface area contributed by atoms with Crippen LogP contribution in [0.15, 0.2) is 48.5 Å². The first kappa shape index (κ1) is 16.1. The van der Waals surface area contributed by atoms with E-state index in [1.165, 1.54) is 5.56 Å². The maximum Gasteiger partial charge on any atom is 0.335 e. The summed E-state index contributed by atoms with van der Waals surface area (Å²) in [5.74, 6) is 0.0568. The summed E-state index contributed by atoms with van der Waals surface area (Å²) in [6.45, 7) is 4.31. The van der Waals surface area contributed by atoms with Crippen LogP contribution in [-0.2, 0) is 0 Å². The van der Waals surface area contributed by atoms with Gasteiger partial charge in [0, 0.05) is 0 Å². The third-order valence-corrected chi connectivity index (χ3v) is 4.27. The van der Waals surface area contributed by atoms with E-state index in [9.17, 15) is 9.90 Å². The van der Waals surface area contributed by atoms with Gasteiger partial charge in [-0.2, -0.15) is 0 Å². The lowest BCUT2D eigenvalue weighted by atomic mass is 9.78. The van der Waals surface area contributed by atoms with E-state index in [1.807, 2.05) is 24.3 Å². The highest BCUT2D eigenvalue weighted by atomic mass is 16.4. The highest BCUT2D eigenvalue weighted by molar-refractivity contribution is 5.87. The SMILES string of the molecule is CC[C@H](c1ccc(O)cc1)[C@@H](CC)c1ccc(C(=O)O)cc1. The Balaban J connectivity index is 2.31. The average molecular weight is 298 g/mol. The van der Waals surface area contributed by atoms with Crippen molar-refractivity contribution in [3.8, 4) is 5.75 Å². The molecule has 2 aromatic carbocycles. The molecule has 0 saturated heterocycles. The van der Waals surface area contributed by atoms with Crippen molar-refractivity contribution in [3.05, 3.63) is 65.2 Å². The van der Waals surface area contributed by atoms with Crippen molar-refractivity contribution < 1.29 is 15.0 Å². The Morgan fingerprint density at radius 1 is 0.864 bits per heavy atom. The van der Waals surface area contributed by atoms with Crippen LogP contribution < -0.4 is 0 Å². The number of carboxylic acid groups (broad SMARTS) is 1.